The van der Waals surface area contributed by atoms with Gasteiger partial charge in [-0.15, -0.1) is 0 Å². The average molecular weight is 575 g/mol. The minimum Gasteiger partial charge on any atom is -0.465 e. The first-order valence-corrected chi connectivity index (χ1v) is 14.1. The molecule has 5 aromatic rings. The van der Waals surface area contributed by atoms with Crippen LogP contribution in [0.3, 0.4) is 0 Å². The van der Waals surface area contributed by atoms with Crippen molar-refractivity contribution in [3.8, 4) is 17.2 Å². The van der Waals surface area contributed by atoms with Crippen molar-refractivity contribution in [2.45, 2.75) is 25.9 Å². The second kappa shape index (κ2) is 11.5. The number of carbonyl (C=O) groups excluding carboxylic acids is 1. The summed E-state index contributed by atoms with van der Waals surface area (Å²) < 4.78 is 13.1. The molecule has 0 saturated carbocycles. The molecule has 42 heavy (non-hydrogen) atoms. The normalized spacial score (nSPS) is 16.3. The van der Waals surface area contributed by atoms with E-state index in [2.05, 4.69) is 34.7 Å². The van der Waals surface area contributed by atoms with E-state index in [1.807, 2.05) is 91.1 Å². The first kappa shape index (κ1) is 27.2. The molecule has 8 heteroatoms. The van der Waals surface area contributed by atoms with E-state index in [0.29, 0.717) is 10.7 Å². The number of ether oxygens (including phenoxy) is 2. The zero-order valence-electron chi connectivity index (χ0n) is 23.5. The average Bonchev–Trinajstić information content (AvgIpc) is 3.52. The number of nitrogens with zero attached hydrogens (tertiary/aromatic N) is 3. The van der Waals surface area contributed by atoms with E-state index in [0.717, 1.165) is 45.5 Å². The van der Waals surface area contributed by atoms with Crippen molar-refractivity contribution in [3.05, 3.63) is 138 Å². The number of aromatic nitrogens is 2. The maximum absolute atomic E-state index is 12.0. The molecule has 1 saturated heterocycles. The maximum Gasteiger partial charge on any atom is 0.337 e. The number of hydrogen-bond acceptors (Lipinski definition) is 5. The third-order valence-corrected chi connectivity index (χ3v) is 7.84. The lowest BCUT2D eigenvalue weighted by Gasteiger charge is -2.28. The highest BCUT2D eigenvalue weighted by Gasteiger charge is 2.42. The van der Waals surface area contributed by atoms with Crippen molar-refractivity contribution < 1.29 is 14.3 Å². The standard InChI is InChI=1S/C34H30N4O3S/c1-22-21-29(23(2)37(22)25-14-12-24(13-15-25)33(39)40-3)32-31(30-11-7-8-20-35-30)36-34(42)38(32)26-16-18-28(19-17-26)41-27-9-5-4-6-10-27/h4-21,31-32H,1-3H3,(H,36,42)/t31-,32-/m1/s1. The maximum atomic E-state index is 12.0. The lowest BCUT2D eigenvalue weighted by Crippen LogP contribution is -2.29. The number of nitrogens with one attached hydrogen (secondary N) is 1. The number of anilines is 1. The second-order valence-corrected chi connectivity index (χ2v) is 10.5. The summed E-state index contributed by atoms with van der Waals surface area (Å²) in [5.74, 6) is 1.17. The molecule has 0 unspecified atom stereocenters. The predicted octanol–water partition coefficient (Wildman–Crippen LogP) is 7.25. The number of rotatable bonds is 7. The summed E-state index contributed by atoms with van der Waals surface area (Å²) in [6.07, 6.45) is 1.81. The molecule has 3 heterocycles. The fraction of sp³-hybridized carbons (Fsp3) is 0.147. The first-order chi connectivity index (χ1) is 20.4. The van der Waals surface area contributed by atoms with Crippen molar-refractivity contribution in [1.29, 1.82) is 0 Å². The third kappa shape index (κ3) is 5.12. The van der Waals surface area contributed by atoms with Gasteiger partial charge in [-0.2, -0.15) is 0 Å². The number of pyridine rings is 1. The minimum atomic E-state index is -0.359. The van der Waals surface area contributed by atoms with E-state index in [9.17, 15) is 4.79 Å². The van der Waals surface area contributed by atoms with E-state index in [1.54, 1.807) is 12.1 Å². The SMILES string of the molecule is COC(=O)c1ccc(-n2c(C)cc([C@@H]3[C@@H](c4ccccn4)NC(=S)N3c3ccc(Oc4ccccc4)cc3)c2C)cc1. The molecule has 0 spiro atoms. The van der Waals surface area contributed by atoms with Crippen LogP contribution in [0.25, 0.3) is 5.69 Å². The van der Waals surface area contributed by atoms with Gasteiger partial charge in [0.2, 0.25) is 0 Å². The van der Waals surface area contributed by atoms with E-state index >= 15 is 0 Å². The molecule has 1 aliphatic heterocycles. The number of methoxy groups -OCH3 is 1. The Kier molecular flexibility index (Phi) is 7.46. The summed E-state index contributed by atoms with van der Waals surface area (Å²) in [6.45, 7) is 4.20. The Hall–Kier alpha value is -4.95. The lowest BCUT2D eigenvalue weighted by atomic mass is 9.96. The molecule has 2 atom stereocenters. The highest BCUT2D eigenvalue weighted by molar-refractivity contribution is 7.80. The van der Waals surface area contributed by atoms with Gasteiger partial charge in [-0.1, -0.05) is 24.3 Å². The van der Waals surface area contributed by atoms with E-state index in [4.69, 9.17) is 26.7 Å². The number of esters is 1. The van der Waals surface area contributed by atoms with Gasteiger partial charge in [0.1, 0.15) is 11.5 Å². The van der Waals surface area contributed by atoms with Crippen LogP contribution in [-0.2, 0) is 4.74 Å². The van der Waals surface area contributed by atoms with Crippen molar-refractivity contribution in [2.75, 3.05) is 12.0 Å². The number of carbonyl (C=O) groups is 1. The summed E-state index contributed by atoms with van der Waals surface area (Å²) in [5.41, 5.74) is 6.59. The Balaban J connectivity index is 1.40. The Morgan fingerprint density at radius 2 is 1.52 bits per heavy atom. The van der Waals surface area contributed by atoms with Crippen LogP contribution in [0.4, 0.5) is 5.69 Å². The number of aryl methyl sites for hydroxylation is 1. The van der Waals surface area contributed by atoms with Crippen molar-refractivity contribution in [2.24, 2.45) is 0 Å². The van der Waals surface area contributed by atoms with Crippen LogP contribution in [0.15, 0.2) is 109 Å². The van der Waals surface area contributed by atoms with Gasteiger partial charge < -0.3 is 24.3 Å². The Labute approximate surface area is 250 Å². The summed E-state index contributed by atoms with van der Waals surface area (Å²) in [7, 11) is 1.39. The number of benzene rings is 3. The van der Waals surface area contributed by atoms with Crippen LogP contribution in [0.5, 0.6) is 11.5 Å². The van der Waals surface area contributed by atoms with Gasteiger partial charge in [0.15, 0.2) is 5.11 Å². The number of hydrogen-bond donors (Lipinski definition) is 1. The lowest BCUT2D eigenvalue weighted by molar-refractivity contribution is 0.0600. The smallest absolute Gasteiger partial charge is 0.337 e. The Morgan fingerprint density at radius 3 is 2.19 bits per heavy atom. The molecule has 1 fully saturated rings. The van der Waals surface area contributed by atoms with E-state index < -0.39 is 0 Å². The molecule has 1 aliphatic rings. The molecule has 0 bridgehead atoms. The van der Waals surface area contributed by atoms with E-state index in [1.165, 1.54) is 7.11 Å². The van der Waals surface area contributed by atoms with Gasteiger partial charge in [0.25, 0.3) is 0 Å². The molecular weight excluding hydrogens is 544 g/mol. The third-order valence-electron chi connectivity index (χ3n) is 7.53. The highest BCUT2D eigenvalue weighted by atomic mass is 32.1. The summed E-state index contributed by atoms with van der Waals surface area (Å²) in [4.78, 5) is 18.8. The van der Waals surface area contributed by atoms with Gasteiger partial charge in [0.05, 0.1) is 30.5 Å². The Morgan fingerprint density at radius 1 is 0.857 bits per heavy atom. The second-order valence-electron chi connectivity index (χ2n) is 10.1. The fourth-order valence-corrected chi connectivity index (χ4v) is 5.94. The minimum absolute atomic E-state index is 0.164. The molecule has 2 aromatic heterocycles. The summed E-state index contributed by atoms with van der Waals surface area (Å²) in [6, 6.07) is 33.0. The van der Waals surface area contributed by atoms with Crippen molar-refractivity contribution in [1.82, 2.24) is 14.9 Å². The molecule has 0 amide bonds. The highest BCUT2D eigenvalue weighted by Crippen LogP contribution is 2.44. The molecular formula is C34H30N4O3S. The van der Waals surface area contributed by atoms with Gasteiger partial charge >= 0.3 is 5.97 Å². The zero-order chi connectivity index (χ0) is 29.2. The Bertz CT molecular complexity index is 1720. The molecule has 3 aromatic carbocycles. The van der Waals surface area contributed by atoms with Crippen LogP contribution in [0, 0.1) is 13.8 Å². The molecule has 7 nitrogen and oxygen atoms in total. The monoisotopic (exact) mass is 574 g/mol. The van der Waals surface area contributed by atoms with Crippen LogP contribution in [0.1, 0.15) is 45.1 Å². The zero-order valence-corrected chi connectivity index (χ0v) is 24.3. The van der Waals surface area contributed by atoms with Gasteiger partial charge in [-0.3, -0.25) is 4.98 Å². The molecule has 210 valence electrons. The van der Waals surface area contributed by atoms with Crippen molar-refractivity contribution >= 4 is 29.0 Å². The predicted molar refractivity (Wildman–Crippen MR) is 167 cm³/mol. The quantitative estimate of drug-likeness (QED) is 0.162. The molecule has 1 N–H and O–H groups in total. The molecule has 6 rings (SSSR count). The fourth-order valence-electron chi connectivity index (χ4n) is 5.60. The van der Waals surface area contributed by atoms with E-state index in [-0.39, 0.29) is 18.1 Å². The summed E-state index contributed by atoms with van der Waals surface area (Å²) in [5, 5.41) is 4.17. The van der Waals surface area contributed by atoms with Crippen LogP contribution >= 0.6 is 12.2 Å². The van der Waals surface area contributed by atoms with Gasteiger partial charge in [-0.05, 0) is 110 Å². The summed E-state index contributed by atoms with van der Waals surface area (Å²) >= 11 is 5.95. The van der Waals surface area contributed by atoms with Crippen molar-refractivity contribution in [3.63, 3.8) is 0 Å². The number of thiocarbonyl (C=S) groups is 1. The largest absolute Gasteiger partial charge is 0.465 e. The number of para-hydroxylation sites is 1. The van der Waals surface area contributed by atoms with Crippen LogP contribution < -0.4 is 15.0 Å². The topological polar surface area (TPSA) is 68.6 Å². The van der Waals surface area contributed by atoms with Gasteiger partial charge in [-0.25, -0.2) is 4.79 Å². The van der Waals surface area contributed by atoms with Crippen LogP contribution in [-0.4, -0.2) is 27.7 Å². The van der Waals surface area contributed by atoms with Crippen LogP contribution in [0.2, 0.25) is 0 Å². The first-order valence-electron chi connectivity index (χ1n) is 13.7. The molecule has 0 radical (unpaired) electrons. The molecule has 0 aliphatic carbocycles. The van der Waals surface area contributed by atoms with Gasteiger partial charge in [0, 0.05) is 29.0 Å².